The highest BCUT2D eigenvalue weighted by Crippen LogP contribution is 2.29. The number of halogens is 2. The van der Waals surface area contributed by atoms with E-state index in [0.29, 0.717) is 11.3 Å². The fraction of sp³-hybridized carbons (Fsp3) is 0.133. The first kappa shape index (κ1) is 15.3. The first-order valence-corrected chi connectivity index (χ1v) is 7.03. The van der Waals surface area contributed by atoms with Gasteiger partial charge in [-0.25, -0.2) is 4.79 Å². The maximum Gasteiger partial charge on any atom is 0.387 e. The van der Waals surface area contributed by atoms with Gasteiger partial charge in [0, 0.05) is 16.2 Å². The standard InChI is InChI=1S/C15H12F2O3S/c16-15(17)20-13-4-2-1-3-11(13)9-21-12-7-5-10(6-8-12)14(18)19/h1-8,15H,9H2,(H,18,19). The molecule has 3 nitrogen and oxygen atoms in total. The Bertz CT molecular complexity index is 615. The van der Waals surface area contributed by atoms with Gasteiger partial charge in [0.25, 0.3) is 0 Å². The number of thioether (sulfide) groups is 1. The minimum Gasteiger partial charge on any atom is -0.478 e. The van der Waals surface area contributed by atoms with E-state index in [2.05, 4.69) is 4.74 Å². The highest BCUT2D eigenvalue weighted by molar-refractivity contribution is 7.98. The maximum absolute atomic E-state index is 12.3. The molecule has 2 rings (SSSR count). The van der Waals surface area contributed by atoms with E-state index in [0.717, 1.165) is 4.90 Å². The predicted octanol–water partition coefficient (Wildman–Crippen LogP) is 4.28. The third-order valence-corrected chi connectivity index (χ3v) is 3.75. The second-order valence-electron chi connectivity index (χ2n) is 4.10. The van der Waals surface area contributed by atoms with Crippen LogP contribution >= 0.6 is 11.8 Å². The third-order valence-electron chi connectivity index (χ3n) is 2.68. The van der Waals surface area contributed by atoms with Crippen LogP contribution in [0.1, 0.15) is 15.9 Å². The van der Waals surface area contributed by atoms with E-state index in [4.69, 9.17) is 5.11 Å². The van der Waals surface area contributed by atoms with Gasteiger partial charge >= 0.3 is 12.6 Å². The molecule has 110 valence electrons. The van der Waals surface area contributed by atoms with E-state index >= 15 is 0 Å². The summed E-state index contributed by atoms with van der Waals surface area (Å²) in [5.41, 5.74) is 0.867. The number of para-hydroxylation sites is 1. The zero-order valence-electron chi connectivity index (χ0n) is 10.8. The van der Waals surface area contributed by atoms with Crippen molar-refractivity contribution in [3.8, 4) is 5.75 Å². The Morgan fingerprint density at radius 1 is 1.14 bits per heavy atom. The Morgan fingerprint density at radius 3 is 2.43 bits per heavy atom. The highest BCUT2D eigenvalue weighted by Gasteiger charge is 2.09. The molecule has 2 aromatic rings. The minimum absolute atomic E-state index is 0.155. The number of benzene rings is 2. The number of aromatic carboxylic acids is 1. The van der Waals surface area contributed by atoms with Crippen LogP contribution in [0.3, 0.4) is 0 Å². The van der Waals surface area contributed by atoms with Gasteiger partial charge in [0.05, 0.1) is 5.56 Å². The number of carboxylic acids is 1. The van der Waals surface area contributed by atoms with Crippen LogP contribution in [0, 0.1) is 0 Å². The second-order valence-corrected chi connectivity index (χ2v) is 5.15. The van der Waals surface area contributed by atoms with E-state index in [1.807, 2.05) is 0 Å². The molecule has 0 heterocycles. The van der Waals surface area contributed by atoms with Crippen molar-refractivity contribution in [1.82, 2.24) is 0 Å². The summed E-state index contributed by atoms with van der Waals surface area (Å²) in [6.07, 6.45) is 0. The number of ether oxygens (including phenoxy) is 1. The van der Waals surface area contributed by atoms with E-state index < -0.39 is 12.6 Å². The van der Waals surface area contributed by atoms with Gasteiger partial charge in [0.1, 0.15) is 5.75 Å². The molecule has 1 N–H and O–H groups in total. The lowest BCUT2D eigenvalue weighted by Crippen LogP contribution is -2.03. The molecule has 0 aliphatic rings. The van der Waals surface area contributed by atoms with Gasteiger partial charge in [-0.3, -0.25) is 0 Å². The average molecular weight is 310 g/mol. The van der Waals surface area contributed by atoms with Crippen molar-refractivity contribution in [3.63, 3.8) is 0 Å². The summed E-state index contributed by atoms with van der Waals surface area (Å²) in [4.78, 5) is 11.6. The van der Waals surface area contributed by atoms with E-state index in [9.17, 15) is 13.6 Å². The minimum atomic E-state index is -2.86. The number of hydrogen-bond donors (Lipinski definition) is 1. The molecular formula is C15H12F2O3S. The van der Waals surface area contributed by atoms with Crippen molar-refractivity contribution in [2.45, 2.75) is 17.3 Å². The molecule has 0 spiro atoms. The van der Waals surface area contributed by atoms with Crippen molar-refractivity contribution in [3.05, 3.63) is 59.7 Å². The van der Waals surface area contributed by atoms with Crippen LogP contribution in [0.5, 0.6) is 5.75 Å². The first-order chi connectivity index (χ1) is 10.1. The molecular weight excluding hydrogens is 298 g/mol. The van der Waals surface area contributed by atoms with Gasteiger partial charge in [-0.1, -0.05) is 18.2 Å². The zero-order chi connectivity index (χ0) is 15.2. The maximum atomic E-state index is 12.3. The highest BCUT2D eigenvalue weighted by atomic mass is 32.2. The molecule has 0 aliphatic heterocycles. The van der Waals surface area contributed by atoms with E-state index in [-0.39, 0.29) is 11.3 Å². The molecule has 2 aromatic carbocycles. The van der Waals surface area contributed by atoms with Crippen molar-refractivity contribution in [2.24, 2.45) is 0 Å². The van der Waals surface area contributed by atoms with E-state index in [1.165, 1.54) is 30.0 Å². The summed E-state index contributed by atoms with van der Waals surface area (Å²) in [5.74, 6) is -0.376. The monoisotopic (exact) mass is 310 g/mol. The molecule has 21 heavy (non-hydrogen) atoms. The zero-order valence-corrected chi connectivity index (χ0v) is 11.6. The summed E-state index contributed by atoms with van der Waals surface area (Å²) in [7, 11) is 0. The van der Waals surface area contributed by atoms with Crippen molar-refractivity contribution < 1.29 is 23.4 Å². The number of carbonyl (C=O) groups is 1. The molecule has 0 unspecified atom stereocenters. The van der Waals surface area contributed by atoms with Gasteiger partial charge in [-0.2, -0.15) is 8.78 Å². The Balaban J connectivity index is 2.04. The summed E-state index contributed by atoms with van der Waals surface area (Å²) in [6.45, 7) is -2.86. The topological polar surface area (TPSA) is 46.5 Å². The van der Waals surface area contributed by atoms with Crippen LogP contribution in [0.4, 0.5) is 8.78 Å². The van der Waals surface area contributed by atoms with Crippen LogP contribution < -0.4 is 4.74 Å². The Hall–Kier alpha value is -2.08. The first-order valence-electron chi connectivity index (χ1n) is 6.05. The fourth-order valence-corrected chi connectivity index (χ4v) is 2.58. The largest absolute Gasteiger partial charge is 0.478 e. The summed E-state index contributed by atoms with van der Waals surface area (Å²) in [6, 6.07) is 13.0. The predicted molar refractivity (Wildman–Crippen MR) is 76.0 cm³/mol. The second kappa shape index (κ2) is 7.08. The number of hydrogen-bond acceptors (Lipinski definition) is 3. The van der Waals surface area contributed by atoms with Crippen molar-refractivity contribution in [1.29, 1.82) is 0 Å². The lowest BCUT2D eigenvalue weighted by Gasteiger charge is -2.10. The summed E-state index contributed by atoms with van der Waals surface area (Å²) in [5, 5.41) is 8.81. The third kappa shape index (κ3) is 4.46. The average Bonchev–Trinajstić information content (AvgIpc) is 2.46. The van der Waals surface area contributed by atoms with Gasteiger partial charge in [-0.05, 0) is 30.3 Å². The van der Waals surface area contributed by atoms with Crippen LogP contribution in [0.25, 0.3) is 0 Å². The molecule has 0 amide bonds. The summed E-state index contributed by atoms with van der Waals surface area (Å²) >= 11 is 1.42. The number of alkyl halides is 2. The Kier molecular flexibility index (Phi) is 5.16. The number of rotatable bonds is 6. The van der Waals surface area contributed by atoms with Gasteiger partial charge in [-0.15, -0.1) is 11.8 Å². The molecule has 0 bridgehead atoms. The SMILES string of the molecule is O=C(O)c1ccc(SCc2ccccc2OC(F)F)cc1. The van der Waals surface area contributed by atoms with Crippen LogP contribution in [-0.2, 0) is 5.75 Å². The quantitative estimate of drug-likeness (QED) is 0.809. The molecule has 0 radical (unpaired) electrons. The molecule has 0 saturated carbocycles. The molecule has 0 saturated heterocycles. The van der Waals surface area contributed by atoms with Gasteiger partial charge in [0.2, 0.25) is 0 Å². The normalized spacial score (nSPS) is 10.6. The Morgan fingerprint density at radius 2 is 1.81 bits per heavy atom. The fourth-order valence-electron chi connectivity index (χ4n) is 1.69. The molecule has 0 aromatic heterocycles. The lowest BCUT2D eigenvalue weighted by molar-refractivity contribution is -0.0503. The van der Waals surface area contributed by atoms with Crippen LogP contribution in [0.2, 0.25) is 0 Å². The number of carboxylic acid groups (broad SMARTS) is 1. The summed E-state index contributed by atoms with van der Waals surface area (Å²) < 4.78 is 29.1. The lowest BCUT2D eigenvalue weighted by atomic mass is 10.2. The van der Waals surface area contributed by atoms with Crippen molar-refractivity contribution >= 4 is 17.7 Å². The molecule has 0 fully saturated rings. The van der Waals surface area contributed by atoms with Crippen LogP contribution in [-0.4, -0.2) is 17.7 Å². The van der Waals surface area contributed by atoms with Crippen LogP contribution in [0.15, 0.2) is 53.4 Å². The Labute approximate surface area is 124 Å². The molecule has 6 heteroatoms. The smallest absolute Gasteiger partial charge is 0.387 e. The van der Waals surface area contributed by atoms with Gasteiger partial charge in [0.15, 0.2) is 0 Å². The molecule has 0 atom stereocenters. The molecule has 0 aliphatic carbocycles. The van der Waals surface area contributed by atoms with Crippen molar-refractivity contribution in [2.75, 3.05) is 0 Å². The van der Waals surface area contributed by atoms with E-state index in [1.54, 1.807) is 30.3 Å². The van der Waals surface area contributed by atoms with Gasteiger partial charge < -0.3 is 9.84 Å².